The summed E-state index contributed by atoms with van der Waals surface area (Å²) in [5.74, 6) is -0.724. The molecule has 0 fully saturated rings. The Morgan fingerprint density at radius 2 is 1.95 bits per heavy atom. The van der Waals surface area contributed by atoms with Crippen LogP contribution in [-0.2, 0) is 4.79 Å². The molecule has 6 heteroatoms. The Kier molecular flexibility index (Phi) is 4.93. The van der Waals surface area contributed by atoms with Crippen LogP contribution in [-0.4, -0.2) is 24.2 Å². The van der Waals surface area contributed by atoms with Crippen LogP contribution in [0.4, 0.5) is 0 Å². The third kappa shape index (κ3) is 4.03. The molecule has 0 bridgehead atoms. The number of nitrogens with zero attached hydrogens (tertiary/aromatic N) is 1. The van der Waals surface area contributed by atoms with Crippen molar-refractivity contribution in [1.82, 2.24) is 4.57 Å². The fraction of sp³-hybridized carbons (Fsp3) is 0.267. The van der Waals surface area contributed by atoms with Crippen LogP contribution in [0, 0.1) is 6.92 Å². The molecule has 1 aromatic heterocycles. The van der Waals surface area contributed by atoms with Gasteiger partial charge in [-0.05, 0) is 0 Å². The molecule has 1 atom stereocenters. The van der Waals surface area contributed by atoms with E-state index < -0.39 is 11.4 Å². The van der Waals surface area contributed by atoms with Crippen LogP contribution >= 0.6 is 0 Å². The first-order valence-corrected chi connectivity index (χ1v) is 8.17. The number of aromatic nitrogens is 1. The molecule has 21 heavy (non-hydrogen) atoms. The van der Waals surface area contributed by atoms with Crippen molar-refractivity contribution >= 4 is 24.1 Å². The van der Waals surface area contributed by atoms with Gasteiger partial charge in [0.2, 0.25) is 0 Å². The predicted molar refractivity (Wildman–Crippen MR) is 80.1 cm³/mol. The average Bonchev–Trinajstić information content (AvgIpc) is 2.43. The Bertz CT molecular complexity index is 748. The van der Waals surface area contributed by atoms with Crippen LogP contribution in [0.5, 0.6) is 0 Å². The van der Waals surface area contributed by atoms with Crippen molar-refractivity contribution < 1.29 is 9.21 Å². The SMILES string of the molecule is Cc1cn(C(C)CC(=O)[Se]c2ccccc2)c(=O)oc1=O. The number of carbonyl (C=O) groups is 1. The van der Waals surface area contributed by atoms with Crippen molar-refractivity contribution in [3.63, 3.8) is 0 Å². The van der Waals surface area contributed by atoms with Gasteiger partial charge < -0.3 is 0 Å². The Balaban J connectivity index is 2.09. The zero-order chi connectivity index (χ0) is 15.4. The Morgan fingerprint density at radius 1 is 1.29 bits per heavy atom. The van der Waals surface area contributed by atoms with E-state index in [2.05, 4.69) is 4.42 Å². The van der Waals surface area contributed by atoms with Gasteiger partial charge in [0.05, 0.1) is 0 Å². The summed E-state index contributed by atoms with van der Waals surface area (Å²) < 4.78 is 7.01. The van der Waals surface area contributed by atoms with Gasteiger partial charge in [0.25, 0.3) is 0 Å². The molecule has 0 spiro atoms. The molecule has 0 radical (unpaired) electrons. The number of hydrogen-bond donors (Lipinski definition) is 0. The second-order valence-electron chi connectivity index (χ2n) is 4.72. The van der Waals surface area contributed by atoms with E-state index in [-0.39, 0.29) is 32.1 Å². The van der Waals surface area contributed by atoms with E-state index >= 15 is 0 Å². The first-order chi connectivity index (χ1) is 9.97. The maximum atomic E-state index is 12.1. The molecule has 5 nitrogen and oxygen atoms in total. The quantitative estimate of drug-likeness (QED) is 0.740. The van der Waals surface area contributed by atoms with Gasteiger partial charge >= 0.3 is 127 Å². The summed E-state index contributed by atoms with van der Waals surface area (Å²) in [5, 5.41) is 0. The van der Waals surface area contributed by atoms with Gasteiger partial charge in [-0.3, -0.25) is 0 Å². The van der Waals surface area contributed by atoms with Crippen molar-refractivity contribution in [1.29, 1.82) is 0 Å². The number of hydrogen-bond acceptors (Lipinski definition) is 4. The molecule has 2 aromatic rings. The van der Waals surface area contributed by atoms with Crippen molar-refractivity contribution in [3.05, 3.63) is 63.1 Å². The molecule has 0 N–H and O–H groups in total. The summed E-state index contributed by atoms with van der Waals surface area (Å²) in [5.41, 5.74) is -0.286. The summed E-state index contributed by atoms with van der Waals surface area (Å²) in [6.45, 7) is 3.34. The Labute approximate surface area is 127 Å². The van der Waals surface area contributed by atoms with Crippen molar-refractivity contribution in [2.75, 3.05) is 0 Å². The molecule has 1 aromatic carbocycles. The van der Waals surface area contributed by atoms with Gasteiger partial charge in [0, 0.05) is 0 Å². The van der Waals surface area contributed by atoms with Gasteiger partial charge in [0.15, 0.2) is 0 Å². The summed E-state index contributed by atoms with van der Waals surface area (Å²) >= 11 is -0.274. The number of aryl methyl sites for hydroxylation is 1. The van der Waals surface area contributed by atoms with E-state index in [0.717, 1.165) is 4.46 Å². The zero-order valence-electron chi connectivity index (χ0n) is 11.7. The maximum absolute atomic E-state index is 12.1. The molecule has 0 saturated heterocycles. The van der Waals surface area contributed by atoms with E-state index in [1.54, 1.807) is 13.8 Å². The van der Waals surface area contributed by atoms with Gasteiger partial charge in [0.1, 0.15) is 0 Å². The fourth-order valence-electron chi connectivity index (χ4n) is 1.83. The van der Waals surface area contributed by atoms with Crippen LogP contribution in [0.2, 0.25) is 0 Å². The van der Waals surface area contributed by atoms with Gasteiger partial charge in [-0.15, -0.1) is 0 Å². The second-order valence-corrected chi connectivity index (χ2v) is 7.09. The fourth-order valence-corrected chi connectivity index (χ4v) is 3.68. The van der Waals surface area contributed by atoms with Crippen LogP contribution in [0.25, 0.3) is 0 Å². The Hall–Kier alpha value is -1.91. The first kappa shape index (κ1) is 15.5. The van der Waals surface area contributed by atoms with Crippen LogP contribution < -0.4 is 15.8 Å². The molecule has 1 unspecified atom stereocenters. The molecule has 0 saturated carbocycles. The summed E-state index contributed by atoms with van der Waals surface area (Å²) in [6.07, 6.45) is 1.68. The van der Waals surface area contributed by atoms with E-state index in [0.29, 0.717) is 5.56 Å². The van der Waals surface area contributed by atoms with E-state index in [1.807, 2.05) is 30.3 Å². The third-order valence-electron chi connectivity index (χ3n) is 2.96. The molecule has 0 aliphatic heterocycles. The molecule has 110 valence electrons. The molecular formula is C15H15NO4Se. The zero-order valence-corrected chi connectivity index (χ0v) is 13.5. The van der Waals surface area contributed by atoms with Crippen LogP contribution in [0.15, 0.2) is 50.5 Å². The van der Waals surface area contributed by atoms with Crippen LogP contribution in [0.3, 0.4) is 0 Å². The van der Waals surface area contributed by atoms with Gasteiger partial charge in [-0.25, -0.2) is 0 Å². The number of carbonyl (C=O) groups excluding carboxylic acids is 1. The normalized spacial score (nSPS) is 12.1. The first-order valence-electron chi connectivity index (χ1n) is 6.46. The molecule has 0 aliphatic carbocycles. The summed E-state index contributed by atoms with van der Waals surface area (Å²) in [4.78, 5) is 35.0. The second kappa shape index (κ2) is 6.70. The monoisotopic (exact) mass is 353 g/mol. The molecule has 2 rings (SSSR count). The van der Waals surface area contributed by atoms with Crippen LogP contribution in [0.1, 0.15) is 24.9 Å². The predicted octanol–water partition coefficient (Wildman–Crippen LogP) is 0.617. The minimum atomic E-state index is -0.724. The van der Waals surface area contributed by atoms with Gasteiger partial charge in [-0.1, -0.05) is 0 Å². The van der Waals surface area contributed by atoms with Crippen molar-refractivity contribution in [3.8, 4) is 0 Å². The van der Waals surface area contributed by atoms with Crippen molar-refractivity contribution in [2.45, 2.75) is 26.3 Å². The minimum absolute atomic E-state index is 0.0944. The molecular weight excluding hydrogens is 337 g/mol. The molecule has 0 amide bonds. The third-order valence-corrected chi connectivity index (χ3v) is 4.85. The van der Waals surface area contributed by atoms with E-state index in [1.165, 1.54) is 10.8 Å². The van der Waals surface area contributed by atoms with Gasteiger partial charge in [-0.2, -0.15) is 0 Å². The standard InChI is InChI=1S/C15H15NO4Se/c1-10-9-16(15(19)20-14(10)18)11(2)8-13(17)21-12-6-4-3-5-7-12/h3-7,9,11H,8H2,1-2H3. The summed E-state index contributed by atoms with van der Waals surface area (Å²) in [7, 11) is 0. The molecule has 1 heterocycles. The topological polar surface area (TPSA) is 69.3 Å². The Morgan fingerprint density at radius 3 is 2.62 bits per heavy atom. The van der Waals surface area contributed by atoms with E-state index in [9.17, 15) is 14.4 Å². The van der Waals surface area contributed by atoms with Crippen molar-refractivity contribution in [2.24, 2.45) is 0 Å². The number of rotatable bonds is 5. The summed E-state index contributed by atoms with van der Waals surface area (Å²) in [6, 6.07) is 9.20. The number of benzene rings is 1. The average molecular weight is 352 g/mol. The molecule has 0 aliphatic rings. The van der Waals surface area contributed by atoms with E-state index in [4.69, 9.17) is 0 Å².